The summed E-state index contributed by atoms with van der Waals surface area (Å²) < 4.78 is 16.2. The zero-order valence-corrected chi connectivity index (χ0v) is 23.3. The van der Waals surface area contributed by atoms with E-state index in [1.165, 1.54) is 5.57 Å². The highest BCUT2D eigenvalue weighted by Gasteiger charge is 2.29. The van der Waals surface area contributed by atoms with E-state index in [1.54, 1.807) is 14.2 Å². The Balaban J connectivity index is 0.000000270. The first-order valence-electron chi connectivity index (χ1n) is 12.7. The standard InChI is InChI=1S/C19H19NO2.C10H19NO2.CH2O2/c1-21-15-9-10-16-18(13-15)20-17(11-12-19(16)22-2)14-7-5-3-4-6-8-14;1-8-6-5-7-11(8)9(12)13-10(2,3)4;2-1-3/h3-7,9-11,13H,8,12H2,1-2H3;8H,5-7H2,1-4H3;1H,(H,2,3). The number of ether oxygens (including phenoxy) is 3. The molecule has 0 spiro atoms. The first-order chi connectivity index (χ1) is 18.1. The van der Waals surface area contributed by atoms with Gasteiger partial charge in [0.05, 0.1) is 25.3 Å². The zero-order valence-electron chi connectivity index (χ0n) is 23.3. The van der Waals surface area contributed by atoms with Crippen LogP contribution in [0.3, 0.4) is 0 Å². The normalized spacial score (nSPS) is 18.0. The van der Waals surface area contributed by atoms with Gasteiger partial charge in [-0.15, -0.1) is 0 Å². The van der Waals surface area contributed by atoms with Crippen molar-refractivity contribution in [3.05, 3.63) is 76.5 Å². The van der Waals surface area contributed by atoms with Crippen LogP contribution in [-0.4, -0.2) is 55.0 Å². The number of hydrogen-bond donors (Lipinski definition) is 1. The van der Waals surface area contributed by atoms with Crippen LogP contribution in [-0.2, 0) is 14.3 Å². The minimum atomic E-state index is -0.376. The smallest absolute Gasteiger partial charge is 0.410 e. The van der Waals surface area contributed by atoms with Crippen molar-refractivity contribution < 1.29 is 28.9 Å². The van der Waals surface area contributed by atoms with E-state index in [9.17, 15) is 4.79 Å². The molecule has 1 unspecified atom stereocenters. The molecule has 2 heterocycles. The topological polar surface area (TPSA) is 97.7 Å². The predicted molar refractivity (Wildman–Crippen MR) is 148 cm³/mol. The lowest BCUT2D eigenvalue weighted by Gasteiger charge is -2.26. The number of methoxy groups -OCH3 is 2. The maximum absolute atomic E-state index is 11.6. The van der Waals surface area contributed by atoms with E-state index in [1.807, 2.05) is 56.0 Å². The Morgan fingerprint density at radius 1 is 1.13 bits per heavy atom. The van der Waals surface area contributed by atoms with Gasteiger partial charge < -0.3 is 24.2 Å². The average Bonchev–Trinajstić information content (AvgIpc) is 3.05. The molecule has 1 aliphatic carbocycles. The van der Waals surface area contributed by atoms with Crippen LogP contribution < -0.4 is 15.3 Å². The number of amides is 1. The van der Waals surface area contributed by atoms with Crippen molar-refractivity contribution in [1.29, 1.82) is 0 Å². The van der Waals surface area contributed by atoms with Crippen LogP contribution in [0.5, 0.6) is 5.75 Å². The number of carboxylic acid groups (broad SMARTS) is 1. The number of carbonyl (C=O) groups excluding carboxylic acids is 1. The second kappa shape index (κ2) is 14.8. The van der Waals surface area contributed by atoms with Gasteiger partial charge in [0.1, 0.15) is 17.1 Å². The molecule has 1 amide bonds. The van der Waals surface area contributed by atoms with E-state index in [2.05, 4.69) is 31.2 Å². The average molecular weight is 525 g/mol. The van der Waals surface area contributed by atoms with Gasteiger partial charge >= 0.3 is 6.09 Å². The monoisotopic (exact) mass is 524 g/mol. The van der Waals surface area contributed by atoms with Crippen molar-refractivity contribution in [1.82, 2.24) is 4.90 Å². The molecule has 1 aromatic carbocycles. The maximum Gasteiger partial charge on any atom is 0.410 e. The summed E-state index contributed by atoms with van der Waals surface area (Å²) in [6.07, 6.45) is 16.2. The summed E-state index contributed by atoms with van der Waals surface area (Å²) in [5.41, 5.74) is 1.83. The quantitative estimate of drug-likeness (QED) is 0.565. The zero-order chi connectivity index (χ0) is 28.1. The molecular formula is C30H40N2O6. The van der Waals surface area contributed by atoms with Crippen LogP contribution >= 0.6 is 0 Å². The molecule has 206 valence electrons. The highest BCUT2D eigenvalue weighted by molar-refractivity contribution is 5.68. The highest BCUT2D eigenvalue weighted by Crippen LogP contribution is 2.22. The third-order valence-electron chi connectivity index (χ3n) is 5.98. The van der Waals surface area contributed by atoms with Gasteiger partial charge in [0.25, 0.3) is 6.47 Å². The van der Waals surface area contributed by atoms with E-state index in [0.717, 1.165) is 60.0 Å². The second-order valence-corrected chi connectivity index (χ2v) is 9.90. The lowest BCUT2D eigenvalue weighted by Crippen LogP contribution is -2.38. The Hall–Kier alpha value is -3.81. The summed E-state index contributed by atoms with van der Waals surface area (Å²) in [7, 11) is 3.37. The number of allylic oxidation sites excluding steroid dienone is 6. The van der Waals surface area contributed by atoms with Crippen LogP contribution in [0.2, 0.25) is 0 Å². The fourth-order valence-corrected chi connectivity index (χ4v) is 4.13. The Labute approximate surface area is 225 Å². The van der Waals surface area contributed by atoms with Crippen LogP contribution in [0.4, 0.5) is 4.79 Å². The molecular weight excluding hydrogens is 484 g/mol. The van der Waals surface area contributed by atoms with E-state index >= 15 is 0 Å². The Kier molecular flexibility index (Phi) is 11.9. The third kappa shape index (κ3) is 9.25. The number of likely N-dealkylation sites (tertiary alicyclic amines) is 1. The first kappa shape index (κ1) is 30.4. The van der Waals surface area contributed by atoms with Gasteiger partial charge in [-0.3, -0.25) is 4.79 Å². The Bertz CT molecular complexity index is 1200. The first-order valence-corrected chi connectivity index (χ1v) is 12.7. The largest absolute Gasteiger partial charge is 0.500 e. The summed E-state index contributed by atoms with van der Waals surface area (Å²) >= 11 is 0. The van der Waals surface area contributed by atoms with Gasteiger partial charge in [0, 0.05) is 30.3 Å². The molecule has 38 heavy (non-hydrogen) atoms. The van der Waals surface area contributed by atoms with Crippen LogP contribution in [0, 0.1) is 0 Å². The molecule has 0 aromatic heterocycles. The SMILES string of the molecule is CC1CCCN1C(=O)OC(C)(C)C.COC1=c2ccc(OC)cc2=NC(C2=CC=CC=CC2)=CC1.O=CO. The molecule has 2 aliphatic heterocycles. The van der Waals surface area contributed by atoms with Crippen LogP contribution in [0.1, 0.15) is 53.4 Å². The summed E-state index contributed by atoms with van der Waals surface area (Å²) in [6.45, 7) is 8.34. The number of nitrogens with zero attached hydrogens (tertiary/aromatic N) is 2. The summed E-state index contributed by atoms with van der Waals surface area (Å²) in [4.78, 5) is 26.6. The highest BCUT2D eigenvalue weighted by atomic mass is 16.6. The van der Waals surface area contributed by atoms with Crippen LogP contribution in [0.15, 0.2) is 70.9 Å². The molecule has 0 saturated carbocycles. The second-order valence-electron chi connectivity index (χ2n) is 9.90. The van der Waals surface area contributed by atoms with Crippen molar-refractivity contribution in [3.63, 3.8) is 0 Å². The van der Waals surface area contributed by atoms with Crippen molar-refractivity contribution in [3.8, 4) is 5.75 Å². The number of benzene rings is 1. The number of fused-ring (bicyclic) bond motifs is 1. The predicted octanol–water partition coefficient (Wildman–Crippen LogP) is 4.91. The summed E-state index contributed by atoms with van der Waals surface area (Å²) in [5.74, 6) is 1.73. The number of carbonyl (C=O) groups is 2. The number of rotatable bonds is 3. The molecule has 0 radical (unpaired) electrons. The van der Waals surface area contributed by atoms with Gasteiger partial charge in [-0.2, -0.15) is 0 Å². The third-order valence-corrected chi connectivity index (χ3v) is 5.98. The molecule has 3 aliphatic rings. The lowest BCUT2D eigenvalue weighted by atomic mass is 10.1. The van der Waals surface area contributed by atoms with Gasteiger partial charge in [-0.05, 0) is 64.7 Å². The molecule has 0 bridgehead atoms. The van der Waals surface area contributed by atoms with Gasteiger partial charge in [0.2, 0.25) is 0 Å². The van der Waals surface area contributed by atoms with Gasteiger partial charge in [0.15, 0.2) is 0 Å². The lowest BCUT2D eigenvalue weighted by molar-refractivity contribution is -0.122. The molecule has 4 rings (SSSR count). The van der Waals surface area contributed by atoms with Crippen LogP contribution in [0.25, 0.3) is 5.76 Å². The molecule has 1 aromatic rings. The summed E-state index contributed by atoms with van der Waals surface area (Å²) in [6, 6.07) is 6.25. The van der Waals surface area contributed by atoms with Gasteiger partial charge in [-0.1, -0.05) is 36.5 Å². The van der Waals surface area contributed by atoms with Crippen molar-refractivity contribution in [2.45, 2.75) is 65.0 Å². The minimum absolute atomic E-state index is 0.169. The van der Waals surface area contributed by atoms with Crippen molar-refractivity contribution in [2.24, 2.45) is 4.99 Å². The molecule has 8 nitrogen and oxygen atoms in total. The molecule has 1 atom stereocenters. The van der Waals surface area contributed by atoms with Crippen molar-refractivity contribution in [2.75, 3.05) is 20.8 Å². The maximum atomic E-state index is 11.6. The van der Waals surface area contributed by atoms with E-state index in [0.29, 0.717) is 6.04 Å². The Morgan fingerprint density at radius 2 is 1.87 bits per heavy atom. The minimum Gasteiger partial charge on any atom is -0.500 e. The van der Waals surface area contributed by atoms with Crippen molar-refractivity contribution >= 4 is 18.3 Å². The summed E-state index contributed by atoms with van der Waals surface area (Å²) in [5, 5.41) is 8.80. The molecule has 8 heteroatoms. The molecule has 1 saturated heterocycles. The number of hydrogen-bond acceptors (Lipinski definition) is 6. The van der Waals surface area contributed by atoms with E-state index in [4.69, 9.17) is 29.1 Å². The van der Waals surface area contributed by atoms with Gasteiger partial charge in [-0.25, -0.2) is 9.79 Å². The van der Waals surface area contributed by atoms with E-state index < -0.39 is 0 Å². The Morgan fingerprint density at radius 3 is 2.47 bits per heavy atom. The fourth-order valence-electron chi connectivity index (χ4n) is 4.13. The fraction of sp³-hybridized carbons (Fsp3) is 0.433. The molecule has 1 fully saturated rings. The molecule has 1 N–H and O–H groups in total. The van der Waals surface area contributed by atoms with E-state index in [-0.39, 0.29) is 18.2 Å².